The number of aromatic amines is 1. The van der Waals surface area contributed by atoms with Gasteiger partial charge in [0.15, 0.2) is 17.4 Å². The van der Waals surface area contributed by atoms with E-state index in [0.717, 1.165) is 0 Å². The Morgan fingerprint density at radius 2 is 2.12 bits per heavy atom. The summed E-state index contributed by atoms with van der Waals surface area (Å²) in [5, 5.41) is 20.1. The minimum absolute atomic E-state index is 0.0176. The van der Waals surface area contributed by atoms with Gasteiger partial charge in [-0.1, -0.05) is 0 Å². The predicted octanol–water partition coefficient (Wildman–Crippen LogP) is -2.57. The number of nitrogens with one attached hydrogen (secondary N) is 1. The molecule has 3 heterocycles. The van der Waals surface area contributed by atoms with Gasteiger partial charge in [-0.25, -0.2) is 9.55 Å². The number of aliphatic hydroxyl groups excluding tert-OH is 2. The van der Waals surface area contributed by atoms with Crippen molar-refractivity contribution in [2.45, 2.75) is 24.5 Å². The zero-order chi connectivity index (χ0) is 17.6. The monoisotopic (exact) mass is 363 g/mol. The highest BCUT2D eigenvalue weighted by Gasteiger charge is 2.45. The maximum Gasteiger partial charge on any atom is 0.469 e. The predicted molar refractivity (Wildman–Crippen MR) is 76.5 cm³/mol. The van der Waals surface area contributed by atoms with E-state index in [-0.39, 0.29) is 17.1 Å². The number of imidazole rings is 1. The fourth-order valence-corrected chi connectivity index (χ4v) is 2.74. The maximum atomic E-state index is 11.7. The highest BCUT2D eigenvalue weighted by atomic mass is 31.2. The van der Waals surface area contributed by atoms with E-state index >= 15 is 0 Å². The topological polar surface area (TPSA) is 206 Å². The van der Waals surface area contributed by atoms with E-state index in [1.807, 2.05) is 0 Å². The standard InChI is InChI=1S/C10H14N5O8P/c11-10-13-7-4(8(18)14-10)12-2-15(7)9-6(17)5(16)3(23-9)1-22-24(19,20)21/h2-3,5-6,9,16-17H,1H2,(H2,19,20,21)(H3,11,13,14,18)/t3-,5?,6?,9-/m0/s1. The molecule has 0 spiro atoms. The van der Waals surface area contributed by atoms with Gasteiger partial charge in [-0.3, -0.25) is 18.9 Å². The molecule has 132 valence electrons. The Labute approximate surface area is 132 Å². The van der Waals surface area contributed by atoms with Crippen molar-refractivity contribution in [1.82, 2.24) is 19.5 Å². The summed E-state index contributed by atoms with van der Waals surface area (Å²) in [4.78, 5) is 39.1. The fourth-order valence-electron chi connectivity index (χ4n) is 2.40. The SMILES string of the molecule is Nc1nc2c(ncn2[C@H]2O[C@@H](COP(=O)(O)O)C(O)C2O)c(=O)[nH]1. The molecular weight excluding hydrogens is 349 g/mol. The van der Waals surface area contributed by atoms with Gasteiger partial charge in [-0.15, -0.1) is 0 Å². The van der Waals surface area contributed by atoms with Gasteiger partial charge in [-0.05, 0) is 0 Å². The number of aliphatic hydroxyl groups is 2. The molecule has 2 aromatic rings. The lowest BCUT2D eigenvalue weighted by molar-refractivity contribution is -0.0503. The summed E-state index contributed by atoms with van der Waals surface area (Å²) in [7, 11) is -4.76. The lowest BCUT2D eigenvalue weighted by Crippen LogP contribution is -2.33. The zero-order valence-electron chi connectivity index (χ0n) is 11.9. The Morgan fingerprint density at radius 3 is 2.79 bits per heavy atom. The highest BCUT2D eigenvalue weighted by molar-refractivity contribution is 7.46. The molecular formula is C10H14N5O8P. The van der Waals surface area contributed by atoms with Crippen LogP contribution in [0.3, 0.4) is 0 Å². The smallest absolute Gasteiger partial charge is 0.387 e. The third kappa shape index (κ3) is 3.06. The Kier molecular flexibility index (Phi) is 4.17. The van der Waals surface area contributed by atoms with Crippen molar-refractivity contribution in [3.05, 3.63) is 16.7 Å². The molecule has 1 saturated heterocycles. The Hall–Kier alpha value is -1.86. The summed E-state index contributed by atoms with van der Waals surface area (Å²) in [6.45, 7) is -0.651. The normalized spacial score (nSPS) is 27.8. The number of nitrogens with zero attached hydrogens (tertiary/aromatic N) is 3. The third-order valence-electron chi connectivity index (χ3n) is 3.47. The van der Waals surface area contributed by atoms with Crippen LogP contribution in [0.2, 0.25) is 0 Å². The van der Waals surface area contributed by atoms with Crippen LogP contribution in [0.15, 0.2) is 11.1 Å². The molecule has 4 atom stereocenters. The van der Waals surface area contributed by atoms with Crippen LogP contribution in [-0.2, 0) is 13.8 Å². The van der Waals surface area contributed by atoms with Crippen molar-refractivity contribution in [2.75, 3.05) is 12.3 Å². The molecule has 0 radical (unpaired) electrons. The van der Waals surface area contributed by atoms with Crippen LogP contribution in [0.5, 0.6) is 0 Å². The van der Waals surface area contributed by atoms with Gasteiger partial charge < -0.3 is 30.5 Å². The number of rotatable bonds is 4. The van der Waals surface area contributed by atoms with E-state index in [1.165, 1.54) is 10.9 Å². The number of anilines is 1. The summed E-state index contributed by atoms with van der Waals surface area (Å²) in [5.74, 6) is -0.177. The number of hydrogen-bond donors (Lipinski definition) is 6. The van der Waals surface area contributed by atoms with Crippen molar-refractivity contribution in [3.8, 4) is 0 Å². The fraction of sp³-hybridized carbons (Fsp3) is 0.500. The Morgan fingerprint density at radius 1 is 1.42 bits per heavy atom. The molecule has 24 heavy (non-hydrogen) atoms. The van der Waals surface area contributed by atoms with Gasteiger partial charge in [0.25, 0.3) is 5.56 Å². The molecule has 0 saturated carbocycles. The molecule has 0 aromatic carbocycles. The average Bonchev–Trinajstić information content (AvgIpc) is 3.00. The molecule has 13 nitrogen and oxygen atoms in total. The molecule has 1 aliphatic rings. The number of fused-ring (bicyclic) bond motifs is 1. The maximum absolute atomic E-state index is 11.7. The molecule has 1 aliphatic heterocycles. The largest absolute Gasteiger partial charge is 0.469 e. The molecule has 7 N–H and O–H groups in total. The van der Waals surface area contributed by atoms with Crippen LogP contribution in [0.25, 0.3) is 11.2 Å². The van der Waals surface area contributed by atoms with Crippen molar-refractivity contribution in [2.24, 2.45) is 0 Å². The van der Waals surface area contributed by atoms with E-state index in [1.54, 1.807) is 0 Å². The van der Waals surface area contributed by atoms with Crippen LogP contribution in [0, 0.1) is 0 Å². The first kappa shape index (κ1) is 17.0. The Balaban J connectivity index is 1.90. The number of nitrogen functional groups attached to an aromatic ring is 1. The number of hydrogen-bond acceptors (Lipinski definition) is 9. The number of H-pyrrole nitrogens is 1. The number of phosphoric ester groups is 1. The van der Waals surface area contributed by atoms with E-state index in [0.29, 0.717) is 0 Å². The molecule has 3 rings (SSSR count). The van der Waals surface area contributed by atoms with Crippen molar-refractivity contribution >= 4 is 24.9 Å². The van der Waals surface area contributed by atoms with Gasteiger partial charge in [0.2, 0.25) is 5.95 Å². The molecule has 2 aromatic heterocycles. The van der Waals surface area contributed by atoms with Gasteiger partial charge in [0.1, 0.15) is 18.3 Å². The van der Waals surface area contributed by atoms with Gasteiger partial charge in [0, 0.05) is 0 Å². The third-order valence-corrected chi connectivity index (χ3v) is 3.95. The molecule has 0 bridgehead atoms. The van der Waals surface area contributed by atoms with Crippen LogP contribution in [0.1, 0.15) is 6.23 Å². The minimum Gasteiger partial charge on any atom is -0.387 e. The highest BCUT2D eigenvalue weighted by Crippen LogP contribution is 2.38. The molecule has 0 amide bonds. The number of nitrogens with two attached hydrogens (primary N) is 1. The summed E-state index contributed by atoms with van der Waals surface area (Å²) in [6.07, 6.45) is -4.22. The van der Waals surface area contributed by atoms with Crippen LogP contribution in [-0.4, -0.2) is 64.4 Å². The summed E-state index contributed by atoms with van der Waals surface area (Å²) in [6, 6.07) is 0. The molecule has 1 fully saturated rings. The van der Waals surface area contributed by atoms with E-state index in [4.69, 9.17) is 20.3 Å². The minimum atomic E-state index is -4.76. The second-order valence-electron chi connectivity index (χ2n) is 5.11. The second kappa shape index (κ2) is 5.89. The quantitative estimate of drug-likeness (QED) is 0.311. The van der Waals surface area contributed by atoms with Gasteiger partial charge in [0.05, 0.1) is 12.9 Å². The first-order valence-electron chi connectivity index (χ1n) is 6.61. The average molecular weight is 363 g/mol. The summed E-state index contributed by atoms with van der Waals surface area (Å²) < 4.78 is 21.6. The van der Waals surface area contributed by atoms with Crippen molar-refractivity contribution in [1.29, 1.82) is 0 Å². The van der Waals surface area contributed by atoms with Crippen LogP contribution < -0.4 is 11.3 Å². The van der Waals surface area contributed by atoms with Crippen LogP contribution in [0.4, 0.5) is 5.95 Å². The first-order valence-corrected chi connectivity index (χ1v) is 8.14. The number of aromatic nitrogens is 4. The molecule has 14 heteroatoms. The second-order valence-corrected chi connectivity index (χ2v) is 6.35. The summed E-state index contributed by atoms with van der Waals surface area (Å²) >= 11 is 0. The number of phosphoric acid groups is 1. The number of ether oxygens (including phenoxy) is 1. The van der Waals surface area contributed by atoms with E-state index < -0.39 is 44.5 Å². The van der Waals surface area contributed by atoms with Gasteiger partial charge in [-0.2, -0.15) is 4.98 Å². The first-order chi connectivity index (χ1) is 11.2. The van der Waals surface area contributed by atoms with E-state index in [9.17, 15) is 19.6 Å². The van der Waals surface area contributed by atoms with Crippen LogP contribution >= 0.6 is 7.82 Å². The summed E-state index contributed by atoms with van der Waals surface area (Å²) in [5.41, 5.74) is 4.84. The van der Waals surface area contributed by atoms with Crippen molar-refractivity contribution in [3.63, 3.8) is 0 Å². The lowest BCUT2D eigenvalue weighted by atomic mass is 10.1. The lowest BCUT2D eigenvalue weighted by Gasteiger charge is -2.16. The zero-order valence-corrected chi connectivity index (χ0v) is 12.8. The molecule has 2 unspecified atom stereocenters. The molecule has 0 aliphatic carbocycles. The Bertz CT molecular complexity index is 861. The van der Waals surface area contributed by atoms with Crippen molar-refractivity contribution < 1.29 is 33.8 Å². The van der Waals surface area contributed by atoms with E-state index in [2.05, 4.69) is 19.5 Å². The van der Waals surface area contributed by atoms with Gasteiger partial charge >= 0.3 is 7.82 Å².